The highest BCUT2D eigenvalue weighted by Gasteiger charge is 2.22. The lowest BCUT2D eigenvalue weighted by atomic mass is 9.96. The molecule has 0 aromatic carbocycles. The van der Waals surface area contributed by atoms with Gasteiger partial charge in [-0.15, -0.1) is 21.5 Å². The van der Waals surface area contributed by atoms with Crippen molar-refractivity contribution in [1.29, 1.82) is 0 Å². The van der Waals surface area contributed by atoms with Gasteiger partial charge < -0.3 is 4.42 Å². The first kappa shape index (κ1) is 17.4. The lowest BCUT2D eigenvalue weighted by molar-refractivity contribution is 0.485. The molecular formula is C17H17N5OS3. The van der Waals surface area contributed by atoms with E-state index in [-0.39, 0.29) is 5.41 Å². The van der Waals surface area contributed by atoms with Crippen LogP contribution in [0.1, 0.15) is 32.4 Å². The van der Waals surface area contributed by atoms with Crippen LogP contribution in [0, 0.1) is 0 Å². The van der Waals surface area contributed by atoms with E-state index in [1.54, 1.807) is 17.6 Å². The molecule has 26 heavy (non-hydrogen) atoms. The summed E-state index contributed by atoms with van der Waals surface area (Å²) < 4.78 is 12.9. The number of furan rings is 1. The Labute approximate surface area is 163 Å². The minimum Gasteiger partial charge on any atom is -0.467 e. The van der Waals surface area contributed by atoms with Gasteiger partial charge in [0, 0.05) is 5.41 Å². The fourth-order valence-electron chi connectivity index (χ4n) is 2.29. The van der Waals surface area contributed by atoms with Gasteiger partial charge in [-0.25, -0.2) is 4.98 Å². The third kappa shape index (κ3) is 3.60. The molecule has 0 N–H and O–H groups in total. The smallest absolute Gasteiger partial charge is 0.199 e. The molecule has 0 atom stereocenters. The first-order valence-corrected chi connectivity index (χ1v) is 10.5. The molecule has 9 heteroatoms. The summed E-state index contributed by atoms with van der Waals surface area (Å²) in [5.74, 6) is 2.54. The second-order valence-electron chi connectivity index (χ2n) is 6.68. The maximum absolute atomic E-state index is 5.53. The van der Waals surface area contributed by atoms with Crippen LogP contribution in [0.5, 0.6) is 0 Å². The summed E-state index contributed by atoms with van der Waals surface area (Å²) in [6.07, 6.45) is 1.68. The van der Waals surface area contributed by atoms with E-state index in [0.717, 1.165) is 31.8 Å². The minimum absolute atomic E-state index is 0.0702. The van der Waals surface area contributed by atoms with E-state index in [1.165, 1.54) is 23.3 Å². The molecular weight excluding hydrogens is 386 g/mol. The van der Waals surface area contributed by atoms with Crippen molar-refractivity contribution in [2.45, 2.75) is 42.2 Å². The van der Waals surface area contributed by atoms with Gasteiger partial charge in [-0.1, -0.05) is 26.8 Å². The second kappa shape index (κ2) is 6.98. The summed E-state index contributed by atoms with van der Waals surface area (Å²) in [6.45, 7) is 6.90. The van der Waals surface area contributed by atoms with E-state index in [9.17, 15) is 0 Å². The Balaban J connectivity index is 1.68. The standard InChI is InChI=1S/C17H17N5OS3/c1-17(2,3)14-18-16(26-21-14)25-15-20-19-13(12-7-5-9-24-12)22(15)10-11-6-4-8-23-11/h4-9H,10H2,1-3H3. The average molecular weight is 404 g/mol. The van der Waals surface area contributed by atoms with E-state index < -0.39 is 0 Å². The molecule has 0 bridgehead atoms. The first-order valence-electron chi connectivity index (χ1n) is 8.02. The van der Waals surface area contributed by atoms with Gasteiger partial charge >= 0.3 is 0 Å². The average Bonchev–Trinajstić information content (AvgIpc) is 3.35. The fraction of sp³-hybridized carbons (Fsp3) is 0.294. The van der Waals surface area contributed by atoms with Gasteiger partial charge in [0.15, 0.2) is 15.3 Å². The zero-order chi connectivity index (χ0) is 18.1. The van der Waals surface area contributed by atoms with E-state index in [0.29, 0.717) is 6.54 Å². The molecule has 4 heterocycles. The van der Waals surface area contributed by atoms with Crippen molar-refractivity contribution in [3.8, 4) is 10.7 Å². The van der Waals surface area contributed by atoms with Crippen molar-refractivity contribution in [1.82, 2.24) is 24.1 Å². The first-order chi connectivity index (χ1) is 12.5. The summed E-state index contributed by atoms with van der Waals surface area (Å²) in [5.41, 5.74) is -0.0702. The van der Waals surface area contributed by atoms with Crippen LogP contribution in [-0.4, -0.2) is 24.1 Å². The maximum Gasteiger partial charge on any atom is 0.199 e. The Morgan fingerprint density at radius 1 is 1.19 bits per heavy atom. The molecule has 0 amide bonds. The normalized spacial score (nSPS) is 12.0. The molecule has 134 valence electrons. The third-order valence-electron chi connectivity index (χ3n) is 3.61. The molecule has 0 saturated carbocycles. The van der Waals surface area contributed by atoms with E-state index in [1.807, 2.05) is 29.6 Å². The van der Waals surface area contributed by atoms with E-state index in [4.69, 9.17) is 4.42 Å². The van der Waals surface area contributed by atoms with Crippen LogP contribution in [0.3, 0.4) is 0 Å². The van der Waals surface area contributed by atoms with Crippen LogP contribution in [0.15, 0.2) is 49.8 Å². The summed E-state index contributed by atoms with van der Waals surface area (Å²) in [6, 6.07) is 7.90. The summed E-state index contributed by atoms with van der Waals surface area (Å²) in [7, 11) is 0. The Kier molecular flexibility index (Phi) is 4.68. The largest absolute Gasteiger partial charge is 0.467 e. The van der Waals surface area contributed by atoms with Gasteiger partial charge in [-0.3, -0.25) is 4.57 Å². The molecule has 0 aliphatic rings. The van der Waals surface area contributed by atoms with Gasteiger partial charge in [-0.2, -0.15) is 4.37 Å². The zero-order valence-corrected chi connectivity index (χ0v) is 17.0. The zero-order valence-electron chi connectivity index (χ0n) is 14.5. The number of thiophene rings is 1. The Hall–Kier alpha value is -1.97. The van der Waals surface area contributed by atoms with Crippen molar-refractivity contribution in [2.24, 2.45) is 0 Å². The predicted molar refractivity (Wildman–Crippen MR) is 104 cm³/mol. The molecule has 4 rings (SSSR count). The van der Waals surface area contributed by atoms with Crippen molar-refractivity contribution < 1.29 is 4.42 Å². The van der Waals surface area contributed by atoms with Gasteiger partial charge in [-0.05, 0) is 46.9 Å². The number of nitrogens with zero attached hydrogens (tertiary/aromatic N) is 5. The van der Waals surface area contributed by atoms with Crippen molar-refractivity contribution in [2.75, 3.05) is 0 Å². The van der Waals surface area contributed by atoms with Gasteiger partial charge in [0.25, 0.3) is 0 Å². The monoisotopic (exact) mass is 403 g/mol. The van der Waals surface area contributed by atoms with Crippen molar-refractivity contribution >= 4 is 34.6 Å². The van der Waals surface area contributed by atoms with Gasteiger partial charge in [0.05, 0.1) is 17.7 Å². The molecule has 0 aliphatic heterocycles. The molecule has 0 spiro atoms. The third-order valence-corrected chi connectivity index (χ3v) is 6.21. The lowest BCUT2D eigenvalue weighted by Crippen LogP contribution is -2.12. The quantitative estimate of drug-likeness (QED) is 0.470. The summed E-state index contributed by atoms with van der Waals surface area (Å²) in [4.78, 5) is 5.73. The molecule has 6 nitrogen and oxygen atoms in total. The second-order valence-corrected chi connectivity index (χ2v) is 9.60. The Morgan fingerprint density at radius 3 is 2.73 bits per heavy atom. The van der Waals surface area contributed by atoms with Crippen LogP contribution in [0.4, 0.5) is 0 Å². The molecule has 0 aliphatic carbocycles. The Bertz CT molecular complexity index is 980. The lowest BCUT2D eigenvalue weighted by Gasteiger charge is -2.12. The summed E-state index contributed by atoms with van der Waals surface area (Å²) in [5, 5.41) is 11.6. The molecule has 4 aromatic heterocycles. The van der Waals surface area contributed by atoms with Crippen LogP contribution >= 0.6 is 34.6 Å². The van der Waals surface area contributed by atoms with Crippen LogP contribution < -0.4 is 0 Å². The van der Waals surface area contributed by atoms with Crippen LogP contribution in [0.25, 0.3) is 10.7 Å². The summed E-state index contributed by atoms with van der Waals surface area (Å²) >= 11 is 4.52. The number of rotatable bonds is 5. The minimum atomic E-state index is -0.0702. The molecule has 0 saturated heterocycles. The highest BCUT2D eigenvalue weighted by Crippen LogP contribution is 2.34. The highest BCUT2D eigenvalue weighted by molar-refractivity contribution is 8.00. The Morgan fingerprint density at radius 2 is 2.08 bits per heavy atom. The topological polar surface area (TPSA) is 69.6 Å². The molecule has 0 radical (unpaired) electrons. The molecule has 0 unspecified atom stereocenters. The molecule has 0 fully saturated rings. The SMILES string of the molecule is CC(C)(C)c1nsc(Sc2nnc(-c3cccs3)n2Cc2ccco2)n1. The van der Waals surface area contributed by atoms with Gasteiger partial charge in [0.1, 0.15) is 11.6 Å². The number of hydrogen-bond acceptors (Lipinski definition) is 8. The highest BCUT2D eigenvalue weighted by atomic mass is 32.2. The van der Waals surface area contributed by atoms with Gasteiger partial charge in [0.2, 0.25) is 0 Å². The predicted octanol–water partition coefficient (Wildman–Crippen LogP) is 4.95. The van der Waals surface area contributed by atoms with Crippen LogP contribution in [-0.2, 0) is 12.0 Å². The van der Waals surface area contributed by atoms with Crippen molar-refractivity contribution in [3.63, 3.8) is 0 Å². The van der Waals surface area contributed by atoms with Crippen molar-refractivity contribution in [3.05, 3.63) is 47.5 Å². The van der Waals surface area contributed by atoms with E-state index >= 15 is 0 Å². The number of aromatic nitrogens is 5. The molecule has 4 aromatic rings. The van der Waals surface area contributed by atoms with E-state index in [2.05, 4.69) is 44.9 Å². The van der Waals surface area contributed by atoms with Crippen LogP contribution in [0.2, 0.25) is 0 Å². The maximum atomic E-state index is 5.53. The fourth-order valence-corrected chi connectivity index (χ4v) is 4.73. The number of hydrogen-bond donors (Lipinski definition) is 0.